The van der Waals surface area contributed by atoms with Crippen LogP contribution in [-0.2, 0) is 6.54 Å². The highest BCUT2D eigenvalue weighted by Gasteiger charge is 2.03. The zero-order valence-corrected chi connectivity index (χ0v) is 9.54. The second-order valence-electron chi connectivity index (χ2n) is 3.92. The number of H-pyrrole nitrogens is 1. The predicted octanol–water partition coefficient (Wildman–Crippen LogP) is 2.22. The molecule has 84 valence electrons. The van der Waals surface area contributed by atoms with Crippen molar-refractivity contribution in [3.05, 3.63) is 41.2 Å². The van der Waals surface area contributed by atoms with Crippen LogP contribution in [-0.4, -0.2) is 9.97 Å². The van der Waals surface area contributed by atoms with Crippen LogP contribution >= 0.6 is 0 Å². The Morgan fingerprint density at radius 2 is 1.94 bits per heavy atom. The van der Waals surface area contributed by atoms with E-state index in [0.717, 1.165) is 18.2 Å². The Morgan fingerprint density at radius 3 is 2.50 bits per heavy atom. The number of nitrogens with zero attached hydrogens (tertiary/aromatic N) is 1. The molecule has 0 saturated carbocycles. The summed E-state index contributed by atoms with van der Waals surface area (Å²) >= 11 is 0. The third-order valence-corrected chi connectivity index (χ3v) is 2.43. The van der Waals surface area contributed by atoms with Gasteiger partial charge < -0.3 is 16.0 Å². The first kappa shape index (κ1) is 10.5. The minimum Gasteiger partial charge on any atom is -0.382 e. The summed E-state index contributed by atoms with van der Waals surface area (Å²) in [5.74, 6) is 2.13. The van der Waals surface area contributed by atoms with Gasteiger partial charge in [-0.15, -0.1) is 0 Å². The van der Waals surface area contributed by atoms with Crippen molar-refractivity contribution in [1.29, 1.82) is 0 Å². The molecule has 0 aliphatic carbocycles. The van der Waals surface area contributed by atoms with Crippen LogP contribution in [0.4, 0.5) is 11.6 Å². The second-order valence-corrected chi connectivity index (χ2v) is 3.92. The quantitative estimate of drug-likeness (QED) is 0.737. The molecule has 0 radical (unpaired) electrons. The smallest absolute Gasteiger partial charge is 0.169 e. The molecule has 0 amide bonds. The Labute approximate surface area is 94.9 Å². The van der Waals surface area contributed by atoms with Crippen molar-refractivity contribution in [3.63, 3.8) is 0 Å². The van der Waals surface area contributed by atoms with Crippen molar-refractivity contribution >= 4 is 11.6 Å². The standard InChI is InChI=1S/C12H16N4/c1-8-3-5-10(6-4-8)7-14-12-11(13)15-9(2)16-12/h3-6,14H,7,13H2,1-2H3,(H,15,16). The van der Waals surface area contributed by atoms with Crippen LogP contribution in [0.3, 0.4) is 0 Å². The Morgan fingerprint density at radius 1 is 1.25 bits per heavy atom. The Kier molecular flexibility index (Phi) is 2.81. The highest BCUT2D eigenvalue weighted by Crippen LogP contribution is 2.15. The van der Waals surface area contributed by atoms with E-state index in [2.05, 4.69) is 46.5 Å². The van der Waals surface area contributed by atoms with Gasteiger partial charge in [-0.25, -0.2) is 4.98 Å². The summed E-state index contributed by atoms with van der Waals surface area (Å²) in [6, 6.07) is 8.38. The SMILES string of the molecule is Cc1ccc(CNc2nc(C)[nH]c2N)cc1. The first-order valence-electron chi connectivity index (χ1n) is 5.26. The summed E-state index contributed by atoms with van der Waals surface area (Å²) in [6.45, 7) is 4.69. The van der Waals surface area contributed by atoms with E-state index < -0.39 is 0 Å². The average molecular weight is 216 g/mol. The number of rotatable bonds is 3. The highest BCUT2D eigenvalue weighted by atomic mass is 15.1. The third kappa shape index (κ3) is 2.34. The summed E-state index contributed by atoms with van der Waals surface area (Å²) in [4.78, 5) is 7.21. The van der Waals surface area contributed by atoms with Crippen LogP contribution in [0.25, 0.3) is 0 Å². The van der Waals surface area contributed by atoms with E-state index in [9.17, 15) is 0 Å². The summed E-state index contributed by atoms with van der Waals surface area (Å²) in [7, 11) is 0. The molecule has 0 aliphatic heterocycles. The summed E-state index contributed by atoms with van der Waals surface area (Å²) in [5, 5.41) is 3.20. The lowest BCUT2D eigenvalue weighted by molar-refractivity contribution is 1.10. The molecule has 2 aromatic rings. The van der Waals surface area contributed by atoms with Gasteiger partial charge in [0.15, 0.2) is 5.82 Å². The largest absolute Gasteiger partial charge is 0.382 e. The van der Waals surface area contributed by atoms with Gasteiger partial charge in [0.05, 0.1) is 0 Å². The van der Waals surface area contributed by atoms with Crippen molar-refractivity contribution in [2.24, 2.45) is 0 Å². The molecule has 4 heteroatoms. The lowest BCUT2D eigenvalue weighted by Crippen LogP contribution is -2.02. The van der Waals surface area contributed by atoms with Crippen molar-refractivity contribution < 1.29 is 0 Å². The molecule has 1 aromatic heterocycles. The summed E-state index contributed by atoms with van der Waals surface area (Å²) in [6.07, 6.45) is 0. The Balaban J connectivity index is 2.02. The van der Waals surface area contributed by atoms with Gasteiger partial charge in [-0.3, -0.25) is 0 Å². The van der Waals surface area contributed by atoms with Crippen LogP contribution in [0.5, 0.6) is 0 Å². The molecule has 16 heavy (non-hydrogen) atoms. The lowest BCUT2D eigenvalue weighted by Gasteiger charge is -2.04. The van der Waals surface area contributed by atoms with Gasteiger partial charge in [-0.2, -0.15) is 0 Å². The molecule has 0 saturated heterocycles. The highest BCUT2D eigenvalue weighted by molar-refractivity contribution is 5.57. The van der Waals surface area contributed by atoms with E-state index in [-0.39, 0.29) is 0 Å². The number of aryl methyl sites for hydroxylation is 2. The molecule has 2 rings (SSSR count). The number of hydrogen-bond acceptors (Lipinski definition) is 3. The number of nitrogens with two attached hydrogens (primary N) is 1. The fourth-order valence-corrected chi connectivity index (χ4v) is 1.54. The predicted molar refractivity (Wildman–Crippen MR) is 66.2 cm³/mol. The van der Waals surface area contributed by atoms with Crippen LogP contribution in [0.2, 0.25) is 0 Å². The molecule has 0 bridgehead atoms. The molecule has 0 atom stereocenters. The first-order chi connectivity index (χ1) is 7.65. The zero-order valence-electron chi connectivity index (χ0n) is 9.54. The van der Waals surface area contributed by atoms with Gasteiger partial charge >= 0.3 is 0 Å². The molecule has 1 heterocycles. The van der Waals surface area contributed by atoms with E-state index in [1.807, 2.05) is 6.92 Å². The number of anilines is 2. The number of nitrogen functional groups attached to an aromatic ring is 1. The van der Waals surface area contributed by atoms with Gasteiger partial charge in [0.1, 0.15) is 11.6 Å². The fourth-order valence-electron chi connectivity index (χ4n) is 1.54. The third-order valence-electron chi connectivity index (χ3n) is 2.43. The molecule has 0 unspecified atom stereocenters. The van der Waals surface area contributed by atoms with Crippen LogP contribution in [0, 0.1) is 13.8 Å². The van der Waals surface area contributed by atoms with E-state index in [0.29, 0.717) is 5.82 Å². The van der Waals surface area contributed by atoms with Crippen molar-refractivity contribution in [3.8, 4) is 0 Å². The van der Waals surface area contributed by atoms with E-state index in [4.69, 9.17) is 5.73 Å². The number of aromatic nitrogens is 2. The van der Waals surface area contributed by atoms with Crippen molar-refractivity contribution in [1.82, 2.24) is 9.97 Å². The van der Waals surface area contributed by atoms with Crippen molar-refractivity contribution in [2.45, 2.75) is 20.4 Å². The number of aromatic amines is 1. The second kappa shape index (κ2) is 4.26. The lowest BCUT2D eigenvalue weighted by atomic mass is 10.1. The Bertz CT molecular complexity index is 470. The summed E-state index contributed by atoms with van der Waals surface area (Å²) < 4.78 is 0. The minimum atomic E-state index is 0.588. The van der Waals surface area contributed by atoms with Crippen LogP contribution < -0.4 is 11.1 Å². The number of hydrogen-bond donors (Lipinski definition) is 3. The molecule has 0 spiro atoms. The van der Waals surface area contributed by atoms with Gasteiger partial charge in [0.25, 0.3) is 0 Å². The molecule has 4 nitrogen and oxygen atoms in total. The molecule has 0 fully saturated rings. The number of imidazole rings is 1. The number of nitrogens with one attached hydrogen (secondary N) is 2. The minimum absolute atomic E-state index is 0.588. The first-order valence-corrected chi connectivity index (χ1v) is 5.26. The van der Waals surface area contributed by atoms with Gasteiger partial charge in [0.2, 0.25) is 0 Å². The molecule has 4 N–H and O–H groups in total. The van der Waals surface area contributed by atoms with Gasteiger partial charge in [-0.1, -0.05) is 29.8 Å². The maximum atomic E-state index is 5.75. The Hall–Kier alpha value is -1.97. The van der Waals surface area contributed by atoms with Gasteiger partial charge in [0, 0.05) is 6.54 Å². The van der Waals surface area contributed by atoms with Crippen LogP contribution in [0.15, 0.2) is 24.3 Å². The monoisotopic (exact) mass is 216 g/mol. The molecule has 1 aromatic carbocycles. The van der Waals surface area contributed by atoms with E-state index >= 15 is 0 Å². The molecular formula is C12H16N4. The van der Waals surface area contributed by atoms with E-state index in [1.165, 1.54) is 11.1 Å². The normalized spacial score (nSPS) is 10.4. The van der Waals surface area contributed by atoms with Crippen molar-refractivity contribution in [2.75, 3.05) is 11.1 Å². The molecular weight excluding hydrogens is 200 g/mol. The summed E-state index contributed by atoms with van der Waals surface area (Å²) in [5.41, 5.74) is 8.23. The maximum Gasteiger partial charge on any atom is 0.169 e. The average Bonchev–Trinajstić information content (AvgIpc) is 2.57. The number of benzene rings is 1. The molecule has 0 aliphatic rings. The fraction of sp³-hybridized carbons (Fsp3) is 0.250. The van der Waals surface area contributed by atoms with Crippen LogP contribution in [0.1, 0.15) is 17.0 Å². The maximum absolute atomic E-state index is 5.75. The topological polar surface area (TPSA) is 66.7 Å². The van der Waals surface area contributed by atoms with E-state index in [1.54, 1.807) is 0 Å². The van der Waals surface area contributed by atoms with Gasteiger partial charge in [-0.05, 0) is 19.4 Å². The zero-order chi connectivity index (χ0) is 11.5.